The van der Waals surface area contributed by atoms with Crippen LogP contribution in [0.15, 0.2) is 106 Å². The maximum absolute atomic E-state index is 13.5. The van der Waals surface area contributed by atoms with Gasteiger partial charge in [0.1, 0.15) is 41.4 Å². The monoisotopic (exact) mass is 733 g/mol. The molecule has 0 aliphatic carbocycles. The largest absolute Gasteiger partial charge is 0.488 e. The van der Waals surface area contributed by atoms with Gasteiger partial charge in [-0.05, 0) is 82.5 Å². The molecule has 3 aromatic heterocycles. The van der Waals surface area contributed by atoms with Crippen molar-refractivity contribution in [3.63, 3.8) is 0 Å². The number of benzene rings is 3. The summed E-state index contributed by atoms with van der Waals surface area (Å²) < 4.78 is 51.3. The van der Waals surface area contributed by atoms with E-state index in [1.807, 2.05) is 54.8 Å². The van der Waals surface area contributed by atoms with Gasteiger partial charge in [-0.15, -0.1) is 11.3 Å². The lowest BCUT2D eigenvalue weighted by atomic mass is 10.1. The molecule has 0 saturated heterocycles. The lowest BCUT2D eigenvalue weighted by Gasteiger charge is -2.13. The molecule has 0 radical (unpaired) electrons. The molecule has 47 heavy (non-hydrogen) atoms. The van der Waals surface area contributed by atoms with Gasteiger partial charge >= 0.3 is 0 Å². The maximum atomic E-state index is 13.5. The minimum atomic E-state index is -3.54. The molecule has 0 spiro atoms. The molecule has 240 valence electrons. The standard InChI is InChI=1S/C34H29BrFN5O4S2/c1-2-30(44-14-15-47(42,43)32-8-3-4-13-37-32)34-41-29(20-46-34)23-9-11-28-26(17-23)33(39-21-38-28)40-25-10-12-31(27(35)18-25)45-19-22-6-5-7-24(36)16-22/h3-13,16-18,20-21,30H,2,14-15,19H2,1H3,(H,38,39,40). The number of halogens is 2. The summed E-state index contributed by atoms with van der Waals surface area (Å²) in [5, 5.41) is 6.96. The summed E-state index contributed by atoms with van der Waals surface area (Å²) in [6.45, 7) is 2.25. The van der Waals surface area contributed by atoms with Gasteiger partial charge in [0.25, 0.3) is 0 Å². The van der Waals surface area contributed by atoms with Crippen LogP contribution in [0.4, 0.5) is 15.9 Å². The lowest BCUT2D eigenvalue weighted by Crippen LogP contribution is -2.15. The molecule has 9 nitrogen and oxygen atoms in total. The third kappa shape index (κ3) is 7.99. The number of aromatic nitrogens is 4. The van der Waals surface area contributed by atoms with Crippen molar-refractivity contribution in [2.75, 3.05) is 17.7 Å². The van der Waals surface area contributed by atoms with Gasteiger partial charge < -0.3 is 14.8 Å². The SMILES string of the molecule is CCC(OCCS(=O)(=O)c1ccccn1)c1nc(-c2ccc3ncnc(Nc4ccc(OCc5cccc(F)c5)c(Br)c4)c3c2)cs1. The zero-order valence-electron chi connectivity index (χ0n) is 25.1. The van der Waals surface area contributed by atoms with Crippen LogP contribution in [0.1, 0.15) is 30.0 Å². The number of rotatable bonds is 13. The summed E-state index contributed by atoms with van der Waals surface area (Å²) in [6.07, 6.45) is 3.27. The number of hydrogen-bond donors (Lipinski definition) is 1. The van der Waals surface area contributed by atoms with E-state index in [2.05, 4.69) is 36.2 Å². The third-order valence-electron chi connectivity index (χ3n) is 7.20. The number of nitrogens with zero attached hydrogens (tertiary/aromatic N) is 4. The fourth-order valence-electron chi connectivity index (χ4n) is 4.80. The van der Waals surface area contributed by atoms with Crippen molar-refractivity contribution in [1.29, 1.82) is 0 Å². The van der Waals surface area contributed by atoms with E-state index in [9.17, 15) is 12.8 Å². The van der Waals surface area contributed by atoms with E-state index in [0.29, 0.717) is 18.0 Å². The number of thiazole rings is 1. The van der Waals surface area contributed by atoms with E-state index in [-0.39, 0.29) is 35.9 Å². The summed E-state index contributed by atoms with van der Waals surface area (Å²) >= 11 is 5.04. The molecule has 0 fully saturated rings. The van der Waals surface area contributed by atoms with Gasteiger partial charge in [0, 0.05) is 28.2 Å². The number of sulfone groups is 1. The highest BCUT2D eigenvalue weighted by Crippen LogP contribution is 2.34. The molecule has 0 amide bonds. The van der Waals surface area contributed by atoms with Crippen LogP contribution in [0.25, 0.3) is 22.2 Å². The average Bonchev–Trinajstić information content (AvgIpc) is 3.57. The highest BCUT2D eigenvalue weighted by molar-refractivity contribution is 9.10. The van der Waals surface area contributed by atoms with E-state index >= 15 is 0 Å². The first-order valence-electron chi connectivity index (χ1n) is 14.7. The minimum absolute atomic E-state index is 0.0326. The Morgan fingerprint density at radius 1 is 1.00 bits per heavy atom. The number of ether oxygens (including phenoxy) is 2. The first-order chi connectivity index (χ1) is 22.8. The van der Waals surface area contributed by atoms with Gasteiger partial charge in [-0.1, -0.05) is 31.2 Å². The van der Waals surface area contributed by atoms with E-state index < -0.39 is 9.84 Å². The van der Waals surface area contributed by atoms with Crippen LogP contribution in [0, 0.1) is 5.82 Å². The van der Waals surface area contributed by atoms with Crippen molar-refractivity contribution in [2.24, 2.45) is 0 Å². The van der Waals surface area contributed by atoms with E-state index in [0.717, 1.165) is 42.9 Å². The van der Waals surface area contributed by atoms with Gasteiger partial charge in [0.05, 0.1) is 28.0 Å². The molecule has 3 heterocycles. The number of anilines is 2. The predicted octanol–water partition coefficient (Wildman–Crippen LogP) is 8.31. The predicted molar refractivity (Wildman–Crippen MR) is 184 cm³/mol. The highest BCUT2D eigenvalue weighted by Gasteiger charge is 2.20. The van der Waals surface area contributed by atoms with E-state index in [4.69, 9.17) is 14.5 Å². The van der Waals surface area contributed by atoms with Crippen LogP contribution >= 0.6 is 27.3 Å². The van der Waals surface area contributed by atoms with Crippen LogP contribution < -0.4 is 10.1 Å². The molecule has 0 aliphatic heterocycles. The van der Waals surface area contributed by atoms with Gasteiger partial charge in [0.15, 0.2) is 14.9 Å². The first kappa shape index (κ1) is 32.6. The van der Waals surface area contributed by atoms with Crippen molar-refractivity contribution < 1.29 is 22.3 Å². The minimum Gasteiger partial charge on any atom is -0.488 e. The van der Waals surface area contributed by atoms with Gasteiger partial charge in [-0.2, -0.15) is 0 Å². The van der Waals surface area contributed by atoms with Crippen LogP contribution in [0.5, 0.6) is 5.75 Å². The Bertz CT molecular complexity index is 2120. The molecular weight excluding hydrogens is 705 g/mol. The second kappa shape index (κ2) is 14.6. The Kier molecular flexibility index (Phi) is 10.2. The van der Waals surface area contributed by atoms with Crippen LogP contribution in [-0.2, 0) is 21.2 Å². The maximum Gasteiger partial charge on any atom is 0.197 e. The first-order valence-corrected chi connectivity index (χ1v) is 18.0. The highest BCUT2D eigenvalue weighted by atomic mass is 79.9. The smallest absolute Gasteiger partial charge is 0.197 e. The van der Waals surface area contributed by atoms with E-state index in [1.165, 1.54) is 42.1 Å². The van der Waals surface area contributed by atoms with Crippen molar-refractivity contribution in [3.05, 3.63) is 118 Å². The van der Waals surface area contributed by atoms with Crippen LogP contribution in [-0.4, -0.2) is 40.7 Å². The molecule has 6 aromatic rings. The summed E-state index contributed by atoms with van der Waals surface area (Å²) in [4.78, 5) is 17.7. The summed E-state index contributed by atoms with van der Waals surface area (Å²) in [7, 11) is -3.54. The number of hydrogen-bond acceptors (Lipinski definition) is 10. The quantitative estimate of drug-likeness (QED) is 0.125. The number of pyridine rings is 1. The number of fused-ring (bicyclic) bond motifs is 1. The molecule has 1 atom stereocenters. The Morgan fingerprint density at radius 3 is 2.68 bits per heavy atom. The van der Waals surface area contributed by atoms with Gasteiger partial charge in [0.2, 0.25) is 0 Å². The fraction of sp³-hybridized carbons (Fsp3) is 0.176. The summed E-state index contributed by atoms with van der Waals surface area (Å²) in [5.41, 5.74) is 3.93. The fourth-order valence-corrected chi connectivity index (χ4v) is 7.29. The zero-order chi connectivity index (χ0) is 32.8. The second-order valence-corrected chi connectivity index (χ2v) is 14.3. The third-order valence-corrected chi connectivity index (χ3v) is 10.3. The normalized spacial score (nSPS) is 12.2. The topological polar surface area (TPSA) is 116 Å². The van der Waals surface area contributed by atoms with Crippen LogP contribution in [0.2, 0.25) is 0 Å². The molecule has 6 rings (SSSR count). The Labute approximate surface area is 283 Å². The summed E-state index contributed by atoms with van der Waals surface area (Å²) in [5.74, 6) is 0.775. The Balaban J connectivity index is 1.14. The molecule has 1 N–H and O–H groups in total. The molecule has 1 unspecified atom stereocenters. The molecule has 0 saturated carbocycles. The zero-order valence-corrected chi connectivity index (χ0v) is 28.4. The van der Waals surface area contributed by atoms with Crippen molar-refractivity contribution in [3.8, 4) is 17.0 Å². The van der Waals surface area contributed by atoms with Gasteiger partial charge in [-0.25, -0.2) is 32.7 Å². The van der Waals surface area contributed by atoms with Crippen molar-refractivity contribution >= 4 is 59.5 Å². The average molecular weight is 735 g/mol. The van der Waals surface area contributed by atoms with Crippen molar-refractivity contribution in [1.82, 2.24) is 19.9 Å². The Morgan fingerprint density at radius 2 is 1.89 bits per heavy atom. The summed E-state index contributed by atoms with van der Waals surface area (Å²) in [6, 6.07) is 22.6. The Hall–Kier alpha value is -4.30. The second-order valence-electron chi connectivity index (χ2n) is 10.5. The molecule has 3 aromatic carbocycles. The van der Waals surface area contributed by atoms with Gasteiger partial charge in [-0.3, -0.25) is 0 Å². The molecular formula is C34H29BrFN5O4S2. The molecule has 13 heteroatoms. The van der Waals surface area contributed by atoms with Crippen LogP contribution in [0.3, 0.4) is 0 Å². The molecule has 0 bridgehead atoms. The van der Waals surface area contributed by atoms with Crippen molar-refractivity contribution in [2.45, 2.75) is 31.1 Å². The lowest BCUT2D eigenvalue weighted by molar-refractivity contribution is 0.0609. The van der Waals surface area contributed by atoms with E-state index in [1.54, 1.807) is 18.2 Å². The number of nitrogens with one attached hydrogen (secondary N) is 1. The molecule has 0 aliphatic rings.